The van der Waals surface area contributed by atoms with E-state index in [2.05, 4.69) is 5.32 Å². The Kier molecular flexibility index (Phi) is 6.03. The number of amides is 1. The molecule has 6 nitrogen and oxygen atoms in total. The van der Waals surface area contributed by atoms with E-state index in [0.717, 1.165) is 5.56 Å². The fourth-order valence-electron chi connectivity index (χ4n) is 2.32. The number of hydrogen-bond acceptors (Lipinski definition) is 5. The number of sulfone groups is 1. The normalized spacial score (nSPS) is 11.0. The Morgan fingerprint density at radius 2 is 1.72 bits per heavy atom. The number of methoxy groups -OCH3 is 2. The van der Waals surface area contributed by atoms with Crippen LogP contribution in [0.3, 0.4) is 0 Å². The number of carbonyl (C=O) groups excluding carboxylic acids is 1. The minimum absolute atomic E-state index is 0.137. The summed E-state index contributed by atoms with van der Waals surface area (Å²) in [6.45, 7) is 1.79. The van der Waals surface area contributed by atoms with Crippen LogP contribution in [0.1, 0.15) is 18.1 Å². The summed E-state index contributed by atoms with van der Waals surface area (Å²) in [6.07, 6.45) is 0. The molecule has 2 aromatic carbocycles. The molecule has 0 aliphatic carbocycles. The van der Waals surface area contributed by atoms with E-state index in [9.17, 15) is 13.2 Å². The highest BCUT2D eigenvalue weighted by Crippen LogP contribution is 2.28. The second-order valence-electron chi connectivity index (χ2n) is 5.49. The Morgan fingerprint density at radius 3 is 2.28 bits per heavy atom. The molecule has 1 amide bonds. The van der Waals surface area contributed by atoms with Crippen LogP contribution in [0.15, 0.2) is 47.4 Å². The molecular weight excluding hydrogens is 342 g/mol. The molecule has 0 aliphatic heterocycles. The molecule has 0 aliphatic rings. The van der Waals surface area contributed by atoms with E-state index in [1.54, 1.807) is 42.5 Å². The summed E-state index contributed by atoms with van der Waals surface area (Å²) in [5.41, 5.74) is 1.36. The van der Waals surface area contributed by atoms with E-state index < -0.39 is 9.84 Å². The molecule has 0 atom stereocenters. The highest BCUT2D eigenvalue weighted by atomic mass is 32.2. The standard InChI is InChI=1S/C18H21NO5S/c1-13(20)19-11-14-4-7-17(8-5-14)25(21,22)12-15-10-16(23-2)6-9-18(15)24-3/h4-10H,11-12H2,1-3H3,(H,19,20). The highest BCUT2D eigenvalue weighted by molar-refractivity contribution is 7.90. The molecule has 0 heterocycles. The van der Waals surface area contributed by atoms with Crippen LogP contribution in [-0.2, 0) is 26.9 Å². The van der Waals surface area contributed by atoms with Crippen LogP contribution in [0.2, 0.25) is 0 Å². The summed E-state index contributed by atoms with van der Waals surface area (Å²) >= 11 is 0. The first-order valence-electron chi connectivity index (χ1n) is 7.63. The third-order valence-corrected chi connectivity index (χ3v) is 5.34. The van der Waals surface area contributed by atoms with Crippen LogP contribution in [0, 0.1) is 0 Å². The summed E-state index contributed by atoms with van der Waals surface area (Å²) in [6, 6.07) is 11.5. The van der Waals surface area contributed by atoms with E-state index in [-0.39, 0.29) is 16.6 Å². The van der Waals surface area contributed by atoms with Crippen LogP contribution < -0.4 is 14.8 Å². The number of rotatable bonds is 7. The zero-order valence-corrected chi connectivity index (χ0v) is 15.2. The summed E-state index contributed by atoms with van der Waals surface area (Å²) in [4.78, 5) is 11.1. The molecule has 25 heavy (non-hydrogen) atoms. The van der Waals surface area contributed by atoms with Gasteiger partial charge < -0.3 is 14.8 Å². The number of nitrogens with one attached hydrogen (secondary N) is 1. The molecule has 2 aromatic rings. The molecule has 0 spiro atoms. The molecule has 0 bridgehead atoms. The van der Waals surface area contributed by atoms with Crippen LogP contribution in [-0.4, -0.2) is 28.5 Å². The van der Waals surface area contributed by atoms with E-state index in [0.29, 0.717) is 23.6 Å². The molecule has 0 aromatic heterocycles. The highest BCUT2D eigenvalue weighted by Gasteiger charge is 2.18. The lowest BCUT2D eigenvalue weighted by molar-refractivity contribution is -0.119. The Morgan fingerprint density at radius 1 is 1.04 bits per heavy atom. The third kappa shape index (κ3) is 4.96. The summed E-state index contributed by atoms with van der Waals surface area (Å²) in [5, 5.41) is 2.67. The van der Waals surface area contributed by atoms with Crippen molar-refractivity contribution in [3.05, 3.63) is 53.6 Å². The fraction of sp³-hybridized carbons (Fsp3) is 0.278. The van der Waals surface area contributed by atoms with Gasteiger partial charge in [-0.3, -0.25) is 4.79 Å². The van der Waals surface area contributed by atoms with E-state index in [1.807, 2.05) is 0 Å². The van der Waals surface area contributed by atoms with Crippen molar-refractivity contribution < 1.29 is 22.7 Å². The van der Waals surface area contributed by atoms with Gasteiger partial charge in [-0.1, -0.05) is 12.1 Å². The molecule has 1 N–H and O–H groups in total. The maximum Gasteiger partial charge on any atom is 0.217 e. The first kappa shape index (κ1) is 18.8. The van der Waals surface area contributed by atoms with Crippen molar-refractivity contribution in [2.75, 3.05) is 14.2 Å². The first-order valence-corrected chi connectivity index (χ1v) is 9.28. The molecule has 0 fully saturated rings. The number of hydrogen-bond donors (Lipinski definition) is 1. The molecule has 2 rings (SSSR count). The van der Waals surface area contributed by atoms with Crippen LogP contribution in [0.5, 0.6) is 11.5 Å². The zero-order valence-electron chi connectivity index (χ0n) is 14.4. The van der Waals surface area contributed by atoms with Gasteiger partial charge in [-0.25, -0.2) is 8.42 Å². The van der Waals surface area contributed by atoms with Crippen molar-refractivity contribution in [3.63, 3.8) is 0 Å². The smallest absolute Gasteiger partial charge is 0.217 e. The van der Waals surface area contributed by atoms with Gasteiger partial charge in [-0.05, 0) is 35.9 Å². The van der Waals surface area contributed by atoms with Crippen LogP contribution in [0.4, 0.5) is 0 Å². The summed E-state index contributed by atoms with van der Waals surface area (Å²) in [5.74, 6) is 0.725. The molecule has 0 saturated carbocycles. The van der Waals surface area contributed by atoms with Gasteiger partial charge in [0.1, 0.15) is 11.5 Å². The number of benzene rings is 2. The molecule has 0 saturated heterocycles. The Bertz CT molecular complexity index is 844. The van der Waals surface area contributed by atoms with Gasteiger partial charge in [0.2, 0.25) is 5.91 Å². The largest absolute Gasteiger partial charge is 0.497 e. The second-order valence-corrected chi connectivity index (χ2v) is 7.48. The average Bonchev–Trinajstić information content (AvgIpc) is 2.60. The van der Waals surface area contributed by atoms with Crippen molar-refractivity contribution in [2.24, 2.45) is 0 Å². The van der Waals surface area contributed by atoms with Gasteiger partial charge >= 0.3 is 0 Å². The second kappa shape index (κ2) is 8.02. The van der Waals surface area contributed by atoms with Crippen molar-refractivity contribution in [3.8, 4) is 11.5 Å². The monoisotopic (exact) mass is 363 g/mol. The van der Waals surface area contributed by atoms with E-state index >= 15 is 0 Å². The number of ether oxygens (including phenoxy) is 2. The lowest BCUT2D eigenvalue weighted by Crippen LogP contribution is -2.18. The van der Waals surface area contributed by atoms with Crippen molar-refractivity contribution in [1.29, 1.82) is 0 Å². The lowest BCUT2D eigenvalue weighted by Gasteiger charge is -2.11. The predicted octanol–water partition coefficient (Wildman–Crippen LogP) is 2.31. The molecular formula is C18H21NO5S. The summed E-state index contributed by atoms with van der Waals surface area (Å²) < 4.78 is 35.8. The van der Waals surface area contributed by atoms with E-state index in [4.69, 9.17) is 9.47 Å². The molecule has 0 unspecified atom stereocenters. The Labute approximate surface area is 147 Å². The van der Waals surface area contributed by atoms with Gasteiger partial charge in [0.25, 0.3) is 0 Å². The van der Waals surface area contributed by atoms with Crippen LogP contribution >= 0.6 is 0 Å². The van der Waals surface area contributed by atoms with Crippen molar-refractivity contribution in [1.82, 2.24) is 5.32 Å². The maximum absolute atomic E-state index is 12.7. The topological polar surface area (TPSA) is 81.7 Å². The lowest BCUT2D eigenvalue weighted by atomic mass is 10.2. The predicted molar refractivity (Wildman–Crippen MR) is 94.4 cm³/mol. The van der Waals surface area contributed by atoms with Crippen molar-refractivity contribution >= 4 is 15.7 Å². The molecule has 7 heteroatoms. The van der Waals surface area contributed by atoms with Gasteiger partial charge in [0, 0.05) is 19.0 Å². The fourth-order valence-corrected chi connectivity index (χ4v) is 3.68. The molecule has 134 valence electrons. The van der Waals surface area contributed by atoms with Gasteiger partial charge in [0.15, 0.2) is 9.84 Å². The third-order valence-electron chi connectivity index (χ3n) is 3.66. The number of carbonyl (C=O) groups is 1. The Balaban J connectivity index is 2.23. The van der Waals surface area contributed by atoms with Gasteiger partial charge in [0.05, 0.1) is 24.9 Å². The van der Waals surface area contributed by atoms with Crippen LogP contribution in [0.25, 0.3) is 0 Å². The quantitative estimate of drug-likeness (QED) is 0.816. The zero-order chi connectivity index (χ0) is 18.4. The minimum Gasteiger partial charge on any atom is -0.497 e. The SMILES string of the molecule is COc1ccc(OC)c(CS(=O)(=O)c2ccc(CNC(C)=O)cc2)c1. The average molecular weight is 363 g/mol. The first-order chi connectivity index (χ1) is 11.9. The summed E-state index contributed by atoms with van der Waals surface area (Å²) in [7, 11) is -0.525. The Hall–Kier alpha value is -2.54. The maximum atomic E-state index is 12.7. The van der Waals surface area contributed by atoms with Gasteiger partial charge in [-0.15, -0.1) is 0 Å². The van der Waals surface area contributed by atoms with Gasteiger partial charge in [-0.2, -0.15) is 0 Å². The van der Waals surface area contributed by atoms with Crippen molar-refractivity contribution in [2.45, 2.75) is 24.1 Å². The minimum atomic E-state index is -3.54. The molecule has 0 radical (unpaired) electrons. The van der Waals surface area contributed by atoms with E-state index in [1.165, 1.54) is 21.1 Å².